The van der Waals surface area contributed by atoms with Crippen molar-refractivity contribution in [2.75, 3.05) is 0 Å². The summed E-state index contributed by atoms with van der Waals surface area (Å²) in [5.74, 6) is 1.85. The predicted octanol–water partition coefficient (Wildman–Crippen LogP) is 4.58. The average Bonchev–Trinajstić information content (AvgIpc) is 2.94. The van der Waals surface area contributed by atoms with Crippen LogP contribution >= 0.6 is 15.9 Å². The first kappa shape index (κ1) is 13.1. The number of nitrogens with zero attached hydrogens (tertiary/aromatic N) is 2. The maximum absolute atomic E-state index is 4.77. The first-order valence-corrected chi connectivity index (χ1v) is 7.90. The normalized spacial score (nSPS) is 18.5. The summed E-state index contributed by atoms with van der Waals surface area (Å²) in [7, 11) is 0. The van der Waals surface area contributed by atoms with Crippen LogP contribution in [0.15, 0.2) is 16.7 Å². The van der Waals surface area contributed by atoms with Crippen LogP contribution in [0.3, 0.4) is 0 Å². The van der Waals surface area contributed by atoms with E-state index in [1.54, 1.807) is 0 Å². The lowest BCUT2D eigenvalue weighted by Gasteiger charge is -2.28. The van der Waals surface area contributed by atoms with E-state index in [4.69, 9.17) is 4.98 Å². The summed E-state index contributed by atoms with van der Waals surface area (Å²) in [5, 5.41) is 0. The largest absolute Gasteiger partial charge is 0.340 e. The topological polar surface area (TPSA) is 41.6 Å². The van der Waals surface area contributed by atoms with Gasteiger partial charge < -0.3 is 4.98 Å². The molecule has 1 aliphatic carbocycles. The van der Waals surface area contributed by atoms with Crippen molar-refractivity contribution in [2.45, 2.75) is 51.4 Å². The molecule has 3 rings (SSSR count). The van der Waals surface area contributed by atoms with Crippen LogP contribution in [0.25, 0.3) is 11.2 Å². The van der Waals surface area contributed by atoms with Gasteiger partial charge in [-0.15, -0.1) is 0 Å². The molecule has 102 valence electrons. The van der Waals surface area contributed by atoms with Gasteiger partial charge in [-0.2, -0.15) is 0 Å². The fourth-order valence-electron chi connectivity index (χ4n) is 3.50. The number of rotatable bonds is 3. The van der Waals surface area contributed by atoms with Gasteiger partial charge in [-0.05, 0) is 47.2 Å². The fourth-order valence-corrected chi connectivity index (χ4v) is 3.83. The monoisotopic (exact) mass is 321 g/mol. The molecule has 2 aromatic rings. The second-order valence-corrected chi connectivity index (χ2v) is 7.11. The Morgan fingerprint density at radius 2 is 2.11 bits per heavy atom. The van der Waals surface area contributed by atoms with E-state index in [1.807, 2.05) is 6.20 Å². The molecule has 2 aromatic heterocycles. The standard InChI is InChI=1S/C15H20BrN3/c1-10(2)8-15(5-3-4-6-15)14-18-12-7-11(16)9-17-13(12)19-14/h7,9-10H,3-6,8H2,1-2H3,(H,17,18,19). The molecular formula is C15H20BrN3. The molecule has 0 atom stereocenters. The number of halogens is 1. The van der Waals surface area contributed by atoms with Crippen molar-refractivity contribution in [1.29, 1.82) is 0 Å². The Bertz CT molecular complexity index is 582. The fraction of sp³-hybridized carbons (Fsp3) is 0.600. The van der Waals surface area contributed by atoms with Crippen molar-refractivity contribution in [3.63, 3.8) is 0 Å². The number of hydrogen-bond acceptors (Lipinski definition) is 2. The Hall–Kier alpha value is -0.900. The van der Waals surface area contributed by atoms with E-state index in [0.29, 0.717) is 5.92 Å². The number of pyridine rings is 1. The lowest BCUT2D eigenvalue weighted by atomic mass is 9.78. The van der Waals surface area contributed by atoms with Crippen molar-refractivity contribution in [1.82, 2.24) is 15.0 Å². The van der Waals surface area contributed by atoms with Crippen molar-refractivity contribution in [2.24, 2.45) is 5.92 Å². The lowest BCUT2D eigenvalue weighted by Crippen LogP contribution is -2.25. The number of nitrogens with one attached hydrogen (secondary N) is 1. The van der Waals surface area contributed by atoms with Gasteiger partial charge in [-0.1, -0.05) is 26.7 Å². The Morgan fingerprint density at radius 1 is 1.37 bits per heavy atom. The third kappa shape index (κ3) is 2.42. The van der Waals surface area contributed by atoms with Crippen LogP contribution in [-0.4, -0.2) is 15.0 Å². The minimum Gasteiger partial charge on any atom is -0.340 e. The molecule has 1 saturated carbocycles. The van der Waals surface area contributed by atoms with Crippen LogP contribution in [0.2, 0.25) is 0 Å². The number of fused-ring (bicyclic) bond motifs is 1. The van der Waals surface area contributed by atoms with E-state index in [1.165, 1.54) is 32.1 Å². The van der Waals surface area contributed by atoms with Gasteiger partial charge in [0.2, 0.25) is 0 Å². The second kappa shape index (κ2) is 4.89. The van der Waals surface area contributed by atoms with E-state index in [2.05, 4.69) is 45.8 Å². The lowest BCUT2D eigenvalue weighted by molar-refractivity contribution is 0.331. The Morgan fingerprint density at radius 3 is 2.79 bits per heavy atom. The van der Waals surface area contributed by atoms with Gasteiger partial charge in [0.1, 0.15) is 5.82 Å². The Labute approximate surface area is 122 Å². The molecule has 1 aliphatic rings. The summed E-state index contributed by atoms with van der Waals surface area (Å²) in [6, 6.07) is 2.07. The number of hydrogen-bond donors (Lipinski definition) is 1. The van der Waals surface area contributed by atoms with Gasteiger partial charge in [-0.3, -0.25) is 0 Å². The van der Waals surface area contributed by atoms with Crippen LogP contribution in [0, 0.1) is 5.92 Å². The number of aromatic amines is 1. The molecule has 0 saturated heterocycles. The van der Waals surface area contributed by atoms with Gasteiger partial charge in [0, 0.05) is 16.1 Å². The van der Waals surface area contributed by atoms with Crippen LogP contribution in [0.1, 0.15) is 51.8 Å². The molecule has 0 aromatic carbocycles. The van der Waals surface area contributed by atoms with Crippen LogP contribution < -0.4 is 0 Å². The van der Waals surface area contributed by atoms with E-state index < -0.39 is 0 Å². The Kier molecular flexibility index (Phi) is 3.37. The van der Waals surface area contributed by atoms with Crippen LogP contribution in [-0.2, 0) is 5.41 Å². The van der Waals surface area contributed by atoms with Gasteiger partial charge >= 0.3 is 0 Å². The summed E-state index contributed by atoms with van der Waals surface area (Å²) in [4.78, 5) is 12.7. The summed E-state index contributed by atoms with van der Waals surface area (Å²) in [6.45, 7) is 4.61. The third-order valence-electron chi connectivity index (χ3n) is 4.17. The molecule has 1 fully saturated rings. The average molecular weight is 322 g/mol. The molecule has 1 N–H and O–H groups in total. The maximum Gasteiger partial charge on any atom is 0.177 e. The second-order valence-electron chi connectivity index (χ2n) is 6.20. The van der Waals surface area contributed by atoms with E-state index in [9.17, 15) is 0 Å². The molecule has 0 unspecified atom stereocenters. The van der Waals surface area contributed by atoms with Crippen molar-refractivity contribution in [3.8, 4) is 0 Å². The summed E-state index contributed by atoms with van der Waals surface area (Å²) < 4.78 is 1.000. The van der Waals surface area contributed by atoms with Crippen molar-refractivity contribution in [3.05, 3.63) is 22.6 Å². The molecular weight excluding hydrogens is 302 g/mol. The zero-order valence-corrected chi connectivity index (χ0v) is 13.1. The highest BCUT2D eigenvalue weighted by molar-refractivity contribution is 9.10. The summed E-state index contributed by atoms with van der Waals surface area (Å²) in [5.41, 5.74) is 2.13. The highest BCUT2D eigenvalue weighted by Gasteiger charge is 2.38. The summed E-state index contributed by atoms with van der Waals surface area (Å²) >= 11 is 3.47. The smallest absolute Gasteiger partial charge is 0.177 e. The van der Waals surface area contributed by atoms with Gasteiger partial charge in [0.25, 0.3) is 0 Å². The highest BCUT2D eigenvalue weighted by Crippen LogP contribution is 2.44. The number of aromatic nitrogens is 3. The quantitative estimate of drug-likeness (QED) is 0.899. The number of H-pyrrole nitrogens is 1. The SMILES string of the molecule is CC(C)CC1(c2nc3ncc(Br)cc3[nH]2)CCCC1. The van der Waals surface area contributed by atoms with Gasteiger partial charge in [-0.25, -0.2) is 9.97 Å². The molecule has 0 radical (unpaired) electrons. The first-order chi connectivity index (χ1) is 9.09. The molecule has 0 aliphatic heterocycles. The van der Waals surface area contributed by atoms with Crippen LogP contribution in [0.5, 0.6) is 0 Å². The van der Waals surface area contributed by atoms with Crippen molar-refractivity contribution >= 4 is 27.1 Å². The number of imidazole rings is 1. The van der Waals surface area contributed by atoms with Gasteiger partial charge in [0.05, 0.1) is 5.52 Å². The molecule has 0 spiro atoms. The van der Waals surface area contributed by atoms with E-state index in [0.717, 1.165) is 21.5 Å². The summed E-state index contributed by atoms with van der Waals surface area (Å²) in [6.07, 6.45) is 8.19. The third-order valence-corrected chi connectivity index (χ3v) is 4.60. The minimum absolute atomic E-state index is 0.251. The molecule has 0 bridgehead atoms. The maximum atomic E-state index is 4.77. The highest BCUT2D eigenvalue weighted by atomic mass is 79.9. The first-order valence-electron chi connectivity index (χ1n) is 7.11. The molecule has 19 heavy (non-hydrogen) atoms. The minimum atomic E-state index is 0.251. The van der Waals surface area contributed by atoms with Crippen molar-refractivity contribution < 1.29 is 0 Å². The molecule has 3 nitrogen and oxygen atoms in total. The zero-order valence-electron chi connectivity index (χ0n) is 11.5. The van der Waals surface area contributed by atoms with E-state index >= 15 is 0 Å². The molecule has 2 heterocycles. The molecule has 0 amide bonds. The zero-order chi connectivity index (χ0) is 13.5. The van der Waals surface area contributed by atoms with E-state index in [-0.39, 0.29) is 5.41 Å². The predicted molar refractivity (Wildman–Crippen MR) is 81.2 cm³/mol. The Balaban J connectivity index is 2.05. The molecule has 4 heteroatoms. The van der Waals surface area contributed by atoms with Gasteiger partial charge in [0.15, 0.2) is 5.65 Å². The van der Waals surface area contributed by atoms with Crippen LogP contribution in [0.4, 0.5) is 0 Å².